The molecular weight excluding hydrogens is 624 g/mol. The lowest BCUT2D eigenvalue weighted by Gasteiger charge is -2.56. The molecular formula is C40H48O9. The number of phenolic OH excluding ortho intramolecular Hbond substituents is 1. The standard InChI is InChI=1S/C40H48O9/c1-17(2)19-26(42)24-23(29(45)27(19)43)39(10)16-12-14-37(7,8)34(39)35(47)40(24)48-31-20(18(3)4)25(41)21-22(32(31)49-40)38(9)15-11-13-36(5,6)33(38)30(46)28(21)44/h17-18,33-34,41-42H,11-16H2,1-10H3/t33-,34-,38+,39+,40-/m0/s1. The Hall–Kier alpha value is -3.75. The van der Waals surface area contributed by atoms with Crippen LogP contribution in [-0.2, 0) is 24.6 Å². The molecule has 1 aromatic rings. The molecule has 9 heteroatoms. The number of hydrogen-bond donors (Lipinski definition) is 2. The molecule has 2 N–H and O–H groups in total. The zero-order chi connectivity index (χ0) is 36.1. The van der Waals surface area contributed by atoms with Crippen molar-refractivity contribution in [2.75, 3.05) is 0 Å². The van der Waals surface area contributed by atoms with Crippen molar-refractivity contribution in [2.24, 2.45) is 34.0 Å². The van der Waals surface area contributed by atoms with Crippen LogP contribution in [0, 0.1) is 34.0 Å². The first-order valence-electron chi connectivity index (χ1n) is 17.8. The number of carbonyl (C=O) groups is 5. The summed E-state index contributed by atoms with van der Waals surface area (Å²) < 4.78 is 13.8. The van der Waals surface area contributed by atoms with Crippen molar-refractivity contribution < 1.29 is 43.7 Å². The van der Waals surface area contributed by atoms with E-state index in [-0.39, 0.29) is 45.1 Å². The number of carbonyl (C=O) groups excluding carboxylic acids is 5. The predicted molar refractivity (Wildman–Crippen MR) is 180 cm³/mol. The molecule has 49 heavy (non-hydrogen) atoms. The zero-order valence-corrected chi connectivity index (χ0v) is 30.3. The Morgan fingerprint density at radius 3 is 1.78 bits per heavy atom. The van der Waals surface area contributed by atoms with Crippen LogP contribution in [0.4, 0.5) is 0 Å². The zero-order valence-electron chi connectivity index (χ0n) is 30.3. The number of rotatable bonds is 2. The molecule has 5 atom stereocenters. The van der Waals surface area contributed by atoms with Crippen LogP contribution in [0.2, 0.25) is 0 Å². The van der Waals surface area contributed by atoms with Crippen LogP contribution in [0.15, 0.2) is 22.5 Å². The van der Waals surface area contributed by atoms with E-state index in [0.29, 0.717) is 31.2 Å². The molecule has 0 aromatic heterocycles. The third-order valence-electron chi connectivity index (χ3n) is 13.1. The second-order valence-corrected chi connectivity index (χ2v) is 17.9. The maximum absolute atomic E-state index is 15.5. The van der Waals surface area contributed by atoms with Gasteiger partial charge in [-0.3, -0.25) is 24.0 Å². The Morgan fingerprint density at radius 2 is 1.20 bits per heavy atom. The van der Waals surface area contributed by atoms with Gasteiger partial charge in [0, 0.05) is 44.9 Å². The van der Waals surface area contributed by atoms with Crippen molar-refractivity contribution in [1.29, 1.82) is 0 Å². The predicted octanol–water partition coefficient (Wildman–Crippen LogP) is 7.16. The van der Waals surface area contributed by atoms with Crippen LogP contribution in [0.25, 0.3) is 0 Å². The number of hydrogen-bond acceptors (Lipinski definition) is 9. The number of benzene rings is 1. The first kappa shape index (κ1) is 33.7. The normalized spacial score (nSPS) is 34.5. The molecule has 0 unspecified atom stereocenters. The Bertz CT molecular complexity index is 1890. The van der Waals surface area contributed by atoms with Gasteiger partial charge in [0.15, 0.2) is 11.5 Å². The van der Waals surface area contributed by atoms with Crippen LogP contribution in [-0.4, -0.2) is 44.9 Å². The van der Waals surface area contributed by atoms with E-state index in [1.54, 1.807) is 27.7 Å². The van der Waals surface area contributed by atoms with Crippen molar-refractivity contribution in [2.45, 2.75) is 125 Å². The monoisotopic (exact) mass is 672 g/mol. The van der Waals surface area contributed by atoms with Crippen molar-refractivity contribution in [3.8, 4) is 17.2 Å². The molecule has 2 fully saturated rings. The highest BCUT2D eigenvalue weighted by molar-refractivity contribution is 6.51. The van der Waals surface area contributed by atoms with E-state index in [2.05, 4.69) is 0 Å². The second-order valence-electron chi connectivity index (χ2n) is 17.9. The fourth-order valence-electron chi connectivity index (χ4n) is 11.4. The van der Waals surface area contributed by atoms with Gasteiger partial charge in [0.1, 0.15) is 11.5 Å². The molecule has 0 saturated heterocycles. The molecule has 0 amide bonds. The fraction of sp³-hybridized carbons (Fsp3) is 0.625. The van der Waals surface area contributed by atoms with Crippen molar-refractivity contribution in [3.05, 3.63) is 39.2 Å². The molecule has 1 aromatic carbocycles. The van der Waals surface area contributed by atoms with Gasteiger partial charge in [0.05, 0.1) is 11.1 Å². The minimum absolute atomic E-state index is 0.0305. The molecule has 9 nitrogen and oxygen atoms in total. The minimum Gasteiger partial charge on any atom is -0.507 e. The number of fused-ring (bicyclic) bond motifs is 8. The number of aromatic hydroxyl groups is 1. The fourth-order valence-corrected chi connectivity index (χ4v) is 11.4. The van der Waals surface area contributed by atoms with Gasteiger partial charge in [-0.05, 0) is 48.3 Å². The van der Waals surface area contributed by atoms with Crippen LogP contribution in [0.1, 0.15) is 135 Å². The molecule has 1 spiro atoms. The largest absolute Gasteiger partial charge is 0.507 e. The summed E-state index contributed by atoms with van der Waals surface area (Å²) in [6, 6.07) is 0. The highest BCUT2D eigenvalue weighted by Crippen LogP contribution is 2.68. The maximum atomic E-state index is 15.5. The summed E-state index contributed by atoms with van der Waals surface area (Å²) in [6.07, 6.45) is 3.79. The second kappa shape index (κ2) is 9.94. The topological polar surface area (TPSA) is 144 Å². The first-order chi connectivity index (χ1) is 22.6. The van der Waals surface area contributed by atoms with Crippen molar-refractivity contribution >= 4 is 28.9 Å². The van der Waals surface area contributed by atoms with Crippen molar-refractivity contribution in [3.63, 3.8) is 0 Å². The van der Waals surface area contributed by atoms with E-state index < -0.39 is 85.8 Å². The Balaban J connectivity index is 1.61. The molecule has 262 valence electrons. The van der Waals surface area contributed by atoms with Gasteiger partial charge in [-0.25, -0.2) is 0 Å². The Morgan fingerprint density at radius 1 is 0.653 bits per heavy atom. The van der Waals surface area contributed by atoms with Crippen LogP contribution < -0.4 is 9.47 Å². The Kier molecular flexibility index (Phi) is 6.84. The molecule has 1 aliphatic heterocycles. The first-order valence-corrected chi connectivity index (χ1v) is 17.8. The van der Waals surface area contributed by atoms with Gasteiger partial charge in [-0.15, -0.1) is 0 Å². The summed E-state index contributed by atoms with van der Waals surface area (Å²) >= 11 is 0. The molecule has 2 saturated carbocycles. The average Bonchev–Trinajstić information content (AvgIpc) is 3.35. The third-order valence-corrected chi connectivity index (χ3v) is 13.1. The van der Waals surface area contributed by atoms with E-state index in [4.69, 9.17) is 9.47 Å². The summed E-state index contributed by atoms with van der Waals surface area (Å²) in [5.41, 5.74) is -3.14. The summed E-state index contributed by atoms with van der Waals surface area (Å²) in [5.74, 6) is -9.18. The summed E-state index contributed by atoms with van der Waals surface area (Å²) in [6.45, 7) is 18.6. The summed E-state index contributed by atoms with van der Waals surface area (Å²) in [4.78, 5) is 71.7. The minimum atomic E-state index is -2.39. The molecule has 1 heterocycles. The van der Waals surface area contributed by atoms with Gasteiger partial charge >= 0.3 is 5.79 Å². The number of aliphatic hydroxyl groups excluding tert-OH is 1. The van der Waals surface area contributed by atoms with Crippen LogP contribution in [0.5, 0.6) is 17.2 Å². The SMILES string of the molecule is CC(C)C1=C(O)C2=C(C(=O)C1=O)[C@@]1(C)CCCC(C)(C)[C@@H]1C(=O)[C@]21Oc2c(c3c(c(O)c2C(C)C)C(=O)C(=O)[C@H]2C(C)(C)CCC[C@]32C)O1. The van der Waals surface area contributed by atoms with E-state index in [0.717, 1.165) is 12.8 Å². The van der Waals surface area contributed by atoms with E-state index >= 15 is 4.79 Å². The number of ketones is 5. The summed E-state index contributed by atoms with van der Waals surface area (Å²) in [7, 11) is 0. The molecule has 7 rings (SSSR count). The number of Topliss-reactive ketones (excluding diaryl/α,β-unsaturated/α-hetero) is 5. The van der Waals surface area contributed by atoms with Gasteiger partial charge in [-0.2, -0.15) is 0 Å². The van der Waals surface area contributed by atoms with Gasteiger partial charge in [0.25, 0.3) is 0 Å². The van der Waals surface area contributed by atoms with Gasteiger partial charge in [0.2, 0.25) is 28.9 Å². The quantitative estimate of drug-likeness (QED) is 0.247. The van der Waals surface area contributed by atoms with Gasteiger partial charge < -0.3 is 19.7 Å². The highest BCUT2D eigenvalue weighted by atomic mass is 16.7. The number of phenols is 1. The Labute approximate surface area is 287 Å². The molecule has 6 aliphatic rings. The van der Waals surface area contributed by atoms with E-state index in [1.165, 1.54) is 0 Å². The van der Waals surface area contributed by atoms with Crippen LogP contribution in [0.3, 0.4) is 0 Å². The lowest BCUT2D eigenvalue weighted by Crippen LogP contribution is -2.65. The summed E-state index contributed by atoms with van der Waals surface area (Å²) in [5, 5.41) is 24.1. The molecule has 0 bridgehead atoms. The lowest BCUT2D eigenvalue weighted by atomic mass is 9.47. The number of aliphatic hydroxyl groups is 1. The van der Waals surface area contributed by atoms with Gasteiger partial charge in [-0.1, -0.05) is 82.1 Å². The number of allylic oxidation sites excluding steroid dienone is 2. The highest BCUT2D eigenvalue weighted by Gasteiger charge is 2.72. The maximum Gasteiger partial charge on any atom is 0.344 e. The number of ether oxygens (including phenoxy) is 2. The third kappa shape index (κ3) is 3.90. The molecule has 0 radical (unpaired) electrons. The smallest absolute Gasteiger partial charge is 0.344 e. The molecule has 5 aliphatic carbocycles. The van der Waals surface area contributed by atoms with Crippen molar-refractivity contribution in [1.82, 2.24) is 0 Å². The van der Waals surface area contributed by atoms with Crippen LogP contribution >= 0.6 is 0 Å². The van der Waals surface area contributed by atoms with E-state index in [1.807, 2.05) is 41.5 Å². The average molecular weight is 673 g/mol. The lowest BCUT2D eigenvalue weighted by molar-refractivity contribution is -0.170. The van der Waals surface area contributed by atoms with E-state index in [9.17, 15) is 29.4 Å².